The van der Waals surface area contributed by atoms with Crippen LogP contribution in [0.3, 0.4) is 0 Å². The number of aliphatic carboxylic acids is 2. The number of carbonyl (C=O) groups is 2. The minimum atomic E-state index is -5.33. The molecule has 6 atom stereocenters. The van der Waals surface area contributed by atoms with E-state index in [0.717, 1.165) is 51.4 Å². The van der Waals surface area contributed by atoms with Crippen LogP contribution >= 0.6 is 0 Å². The predicted molar refractivity (Wildman–Crippen MR) is 131 cm³/mol. The van der Waals surface area contributed by atoms with Gasteiger partial charge in [-0.25, -0.2) is 0 Å². The van der Waals surface area contributed by atoms with Gasteiger partial charge in [0.1, 0.15) is 4.75 Å². The van der Waals surface area contributed by atoms with E-state index in [-0.39, 0.29) is 71.5 Å². The fourth-order valence-corrected chi connectivity index (χ4v) is 6.93. The van der Waals surface area contributed by atoms with Gasteiger partial charge in [-0.15, -0.1) is 0 Å². The summed E-state index contributed by atoms with van der Waals surface area (Å²) in [4.78, 5) is 24.7. The molecule has 0 rings (SSSR count). The minimum absolute atomic E-state index is 0. The number of rotatable bonds is 20. The molecule has 0 saturated heterocycles. The summed E-state index contributed by atoms with van der Waals surface area (Å²) < 4.78 is 32.5. The number of carboxylic acid groups (broad SMARTS) is 2. The van der Waals surface area contributed by atoms with Crippen molar-refractivity contribution in [2.75, 3.05) is 0 Å². The van der Waals surface area contributed by atoms with Crippen LogP contribution in [0.1, 0.15) is 119 Å². The molecule has 0 aromatic heterocycles. The number of unbranched alkanes of at least 4 members (excludes halogenated alkanes) is 2. The van der Waals surface area contributed by atoms with Gasteiger partial charge < -0.3 is 19.8 Å². The molecule has 36 heavy (non-hydrogen) atoms. The van der Waals surface area contributed by atoms with Crippen molar-refractivity contribution < 1.29 is 91.9 Å². The standard InChI is InChI=1S/C26H50O7S.2Na/c1-7-11-13-21(9-3)17-15-19(5)23(24(27)28)26(25(29)30,34(31,32)33)20(6)16-18-22(10-4)14-12-8-2;;/h19-23H,7-18H2,1-6H3,(H,27,28)(H,29,30)(H,31,32,33);;/q;2*+1/p-2. The van der Waals surface area contributed by atoms with E-state index in [4.69, 9.17) is 0 Å². The molecule has 0 bridgehead atoms. The molecule has 0 aliphatic carbocycles. The van der Waals surface area contributed by atoms with Gasteiger partial charge >= 0.3 is 59.1 Å². The first-order chi connectivity index (χ1) is 15.8. The normalized spacial score (nSPS) is 17.4. The van der Waals surface area contributed by atoms with Crippen molar-refractivity contribution in [2.45, 2.75) is 123 Å². The molecule has 1 N–H and O–H groups in total. The van der Waals surface area contributed by atoms with Gasteiger partial charge in [-0.05, 0) is 36.5 Å². The average molecular weight is 551 g/mol. The van der Waals surface area contributed by atoms with E-state index in [9.17, 15) is 32.8 Å². The van der Waals surface area contributed by atoms with Gasteiger partial charge in [-0.1, -0.05) is 106 Å². The summed E-state index contributed by atoms with van der Waals surface area (Å²) in [5, 5.41) is 24.7. The summed E-state index contributed by atoms with van der Waals surface area (Å²) in [5.74, 6) is -7.13. The number of hydrogen-bond donors (Lipinski definition) is 1. The van der Waals surface area contributed by atoms with E-state index in [2.05, 4.69) is 20.8 Å². The van der Waals surface area contributed by atoms with Gasteiger partial charge in [0.25, 0.3) is 10.1 Å². The van der Waals surface area contributed by atoms with E-state index in [0.29, 0.717) is 25.2 Å². The Morgan fingerprint density at radius 3 is 1.50 bits per heavy atom. The fraction of sp³-hybridized carbons (Fsp3) is 0.923. The number of hydrogen-bond acceptors (Lipinski definition) is 6. The van der Waals surface area contributed by atoms with Crippen molar-refractivity contribution in [1.29, 1.82) is 0 Å². The molecule has 202 valence electrons. The third-order valence-electron chi connectivity index (χ3n) is 7.89. The quantitative estimate of drug-likeness (QED) is 0.137. The summed E-state index contributed by atoms with van der Waals surface area (Å²) in [7, 11) is -5.33. The second kappa shape index (κ2) is 20.7. The van der Waals surface area contributed by atoms with E-state index in [1.54, 1.807) is 6.92 Å². The summed E-state index contributed by atoms with van der Waals surface area (Å²) in [6.07, 6.45) is 9.45. The van der Waals surface area contributed by atoms with Crippen LogP contribution in [-0.2, 0) is 19.7 Å². The van der Waals surface area contributed by atoms with Crippen LogP contribution in [0.4, 0.5) is 0 Å². The average Bonchev–Trinajstić information content (AvgIpc) is 2.75. The van der Waals surface area contributed by atoms with Crippen LogP contribution in [0.2, 0.25) is 0 Å². The van der Waals surface area contributed by atoms with Gasteiger partial charge in [0, 0.05) is 11.9 Å². The zero-order chi connectivity index (χ0) is 26.5. The van der Waals surface area contributed by atoms with E-state index < -0.39 is 44.6 Å². The van der Waals surface area contributed by atoms with Crippen molar-refractivity contribution in [3.8, 4) is 0 Å². The molecule has 6 unspecified atom stereocenters. The van der Waals surface area contributed by atoms with Crippen LogP contribution in [0.5, 0.6) is 0 Å². The van der Waals surface area contributed by atoms with Crippen molar-refractivity contribution in [1.82, 2.24) is 0 Å². The maximum Gasteiger partial charge on any atom is 1.00 e. The van der Waals surface area contributed by atoms with Gasteiger partial charge in [0.05, 0.1) is 5.97 Å². The van der Waals surface area contributed by atoms with Crippen molar-refractivity contribution in [3.05, 3.63) is 0 Å². The van der Waals surface area contributed by atoms with E-state index in [1.807, 2.05) is 6.92 Å². The minimum Gasteiger partial charge on any atom is -0.550 e. The molecule has 0 aliphatic heterocycles. The van der Waals surface area contributed by atoms with Crippen LogP contribution in [-0.4, -0.2) is 29.7 Å². The molecular formula is C26H48Na2O7S. The summed E-state index contributed by atoms with van der Waals surface area (Å²) in [6.45, 7) is 11.2. The molecule has 0 heterocycles. The van der Waals surface area contributed by atoms with E-state index in [1.165, 1.54) is 6.92 Å². The third kappa shape index (κ3) is 11.9. The molecule has 0 aliphatic rings. The fourth-order valence-electron chi connectivity index (χ4n) is 5.44. The Morgan fingerprint density at radius 2 is 1.19 bits per heavy atom. The first-order valence-corrected chi connectivity index (χ1v) is 14.7. The van der Waals surface area contributed by atoms with E-state index >= 15 is 0 Å². The number of carboxylic acids is 2. The first-order valence-electron chi connectivity index (χ1n) is 13.2. The largest absolute Gasteiger partial charge is 1.00 e. The Kier molecular flexibility index (Phi) is 23.8. The molecule has 0 spiro atoms. The zero-order valence-corrected chi connectivity index (χ0v) is 29.0. The molecule has 7 nitrogen and oxygen atoms in total. The molecule has 0 fully saturated rings. The topological polar surface area (TPSA) is 135 Å². The van der Waals surface area contributed by atoms with Crippen molar-refractivity contribution in [2.24, 2.45) is 29.6 Å². The smallest absolute Gasteiger partial charge is 0.550 e. The SMILES string of the molecule is CCCCC(CC)CCC(C)C(C(=O)[O-])C(C(=O)[O-])(C(C)CCC(CC)CCCC)S(=O)(=O)O.[Na+].[Na+]. The third-order valence-corrected chi connectivity index (χ3v) is 9.56. The van der Waals surface area contributed by atoms with Gasteiger partial charge in [-0.2, -0.15) is 8.42 Å². The monoisotopic (exact) mass is 550 g/mol. The zero-order valence-electron chi connectivity index (χ0n) is 24.2. The summed E-state index contributed by atoms with van der Waals surface area (Å²) >= 11 is 0. The Hall–Kier alpha value is 0.850. The molecular weight excluding hydrogens is 502 g/mol. The van der Waals surface area contributed by atoms with Crippen LogP contribution < -0.4 is 69.3 Å². The van der Waals surface area contributed by atoms with Crippen LogP contribution in [0.25, 0.3) is 0 Å². The second-order valence-electron chi connectivity index (χ2n) is 10.2. The second-order valence-corrected chi connectivity index (χ2v) is 11.8. The maximum atomic E-state index is 12.7. The molecule has 0 aromatic carbocycles. The maximum absolute atomic E-state index is 12.7. The van der Waals surface area contributed by atoms with Gasteiger partial charge in [0.2, 0.25) is 0 Å². The van der Waals surface area contributed by atoms with Gasteiger partial charge in [-0.3, -0.25) is 4.55 Å². The Morgan fingerprint density at radius 1 is 0.778 bits per heavy atom. The molecule has 0 radical (unpaired) electrons. The van der Waals surface area contributed by atoms with Crippen molar-refractivity contribution >= 4 is 22.1 Å². The Labute approximate surface area is 264 Å². The summed E-state index contributed by atoms with van der Waals surface area (Å²) in [5.41, 5.74) is 0. The van der Waals surface area contributed by atoms with Crippen LogP contribution in [0.15, 0.2) is 0 Å². The Balaban J connectivity index is -0.00000544. The molecule has 0 saturated carbocycles. The molecule has 10 heteroatoms. The summed E-state index contributed by atoms with van der Waals surface area (Å²) in [6, 6.07) is 0. The Bertz CT molecular complexity index is 717. The number of carbonyl (C=O) groups excluding carboxylic acids is 2. The molecule has 0 aromatic rings. The molecule has 0 amide bonds. The van der Waals surface area contributed by atoms with Crippen LogP contribution in [0, 0.1) is 29.6 Å². The predicted octanol–water partition coefficient (Wildman–Crippen LogP) is -2.00. The van der Waals surface area contributed by atoms with Crippen molar-refractivity contribution in [3.63, 3.8) is 0 Å². The first kappa shape index (κ1) is 41.3. The van der Waals surface area contributed by atoms with Gasteiger partial charge in [0.15, 0.2) is 0 Å².